The zero-order valence-electron chi connectivity index (χ0n) is 22.6. The summed E-state index contributed by atoms with van der Waals surface area (Å²) < 4.78 is 2.95. The minimum Gasteiger partial charge on any atom is -0.210 e. The minimum atomic E-state index is -2.34. The van der Waals surface area contributed by atoms with Crippen molar-refractivity contribution < 1.29 is 0 Å². The van der Waals surface area contributed by atoms with Crippen LogP contribution < -0.4 is 25.7 Å². The molecule has 1 unspecified atom stereocenters. The van der Waals surface area contributed by atoms with Crippen LogP contribution in [-0.4, -0.2) is 0 Å². The molecule has 0 saturated carbocycles. The molecule has 0 fully saturated rings. The predicted molar refractivity (Wildman–Crippen MR) is 176 cm³/mol. The minimum absolute atomic E-state index is 0.185. The number of aryl methyl sites for hydroxylation is 1. The van der Waals surface area contributed by atoms with Gasteiger partial charge in [0.2, 0.25) is 0 Å². The van der Waals surface area contributed by atoms with Crippen molar-refractivity contribution in [3.63, 3.8) is 0 Å². The quantitative estimate of drug-likeness (QED) is 0.199. The second-order valence-electron chi connectivity index (χ2n) is 10.5. The molecule has 0 aromatic heterocycles. The summed E-state index contributed by atoms with van der Waals surface area (Å²) in [5, 5.41) is 5.42. The van der Waals surface area contributed by atoms with Crippen LogP contribution in [0.3, 0.4) is 0 Å². The Balaban J connectivity index is 1.69. The Kier molecular flexibility index (Phi) is 6.51. The van der Waals surface area contributed by atoms with E-state index in [9.17, 15) is 0 Å². The fraction of sp³-hybridized carbons (Fsp3) is 0.0811. The Labute approximate surface area is 239 Å². The number of anilines is 1. The van der Waals surface area contributed by atoms with E-state index in [0.717, 1.165) is 6.42 Å². The van der Waals surface area contributed by atoms with E-state index < -0.39 is 15.5 Å². The van der Waals surface area contributed by atoms with Gasteiger partial charge >= 0.3 is 0 Å². The van der Waals surface area contributed by atoms with Crippen LogP contribution in [-0.2, 0) is 5.16 Å². The average molecular weight is 553 g/mol. The molecular formula is C37H32NP2+. The van der Waals surface area contributed by atoms with Gasteiger partial charge in [0.05, 0.1) is 13.8 Å². The lowest BCUT2D eigenvalue weighted by Gasteiger charge is -2.45. The maximum atomic E-state index is 2.95. The van der Waals surface area contributed by atoms with E-state index in [0.29, 0.717) is 0 Å². The lowest BCUT2D eigenvalue weighted by molar-refractivity contribution is 0.774. The molecule has 1 spiro atoms. The fourth-order valence-corrected chi connectivity index (χ4v) is 16.5. The number of rotatable bonds is 5. The van der Waals surface area contributed by atoms with Crippen LogP contribution in [0, 0.1) is 6.92 Å². The summed E-state index contributed by atoms with van der Waals surface area (Å²) in [6.45, 7) is 2.31. The molecule has 40 heavy (non-hydrogen) atoms. The summed E-state index contributed by atoms with van der Waals surface area (Å²) >= 11 is 0. The van der Waals surface area contributed by atoms with Gasteiger partial charge in [-0.25, -0.2) is 4.44 Å². The summed E-state index contributed by atoms with van der Waals surface area (Å²) in [5.74, 6) is 0. The summed E-state index contributed by atoms with van der Waals surface area (Å²) in [6.07, 6.45) is 10.4. The van der Waals surface area contributed by atoms with E-state index in [1.165, 1.54) is 38.0 Å². The van der Waals surface area contributed by atoms with Crippen LogP contribution in [0.2, 0.25) is 0 Å². The number of fused-ring (bicyclic) bond motifs is 2. The summed E-state index contributed by atoms with van der Waals surface area (Å²) in [4.78, 5) is 0. The molecule has 7 rings (SSSR count). The van der Waals surface area contributed by atoms with Crippen molar-refractivity contribution in [3.8, 4) is 0 Å². The third-order valence-corrected chi connectivity index (χ3v) is 16.3. The molecule has 0 amide bonds. The van der Waals surface area contributed by atoms with E-state index in [1.807, 2.05) is 0 Å². The highest BCUT2D eigenvalue weighted by Crippen LogP contribution is 2.86. The van der Waals surface area contributed by atoms with Gasteiger partial charge in [0.1, 0.15) is 10.6 Å². The van der Waals surface area contributed by atoms with Crippen LogP contribution in [0.15, 0.2) is 164 Å². The first-order valence-corrected chi connectivity index (χ1v) is 17.0. The Morgan fingerprint density at radius 2 is 1.12 bits per heavy atom. The van der Waals surface area contributed by atoms with Crippen LogP contribution in [0.1, 0.15) is 17.5 Å². The third kappa shape index (κ3) is 3.69. The number of para-hydroxylation sites is 1. The molecular weight excluding hydrogens is 520 g/mol. The van der Waals surface area contributed by atoms with Crippen LogP contribution in [0.4, 0.5) is 5.69 Å². The van der Waals surface area contributed by atoms with Gasteiger partial charge in [0, 0.05) is 22.6 Å². The predicted octanol–water partition coefficient (Wildman–Crippen LogP) is 8.16. The molecule has 3 heteroatoms. The van der Waals surface area contributed by atoms with E-state index in [2.05, 4.69) is 175 Å². The molecule has 1 aliphatic carbocycles. The Morgan fingerprint density at radius 3 is 1.62 bits per heavy atom. The van der Waals surface area contributed by atoms with Crippen LogP contribution in [0.5, 0.6) is 0 Å². The molecule has 1 aliphatic heterocycles. The fourth-order valence-electron chi connectivity index (χ4n) is 6.67. The van der Waals surface area contributed by atoms with Crippen molar-refractivity contribution in [2.24, 2.45) is 0 Å². The smallest absolute Gasteiger partial charge is 0.189 e. The average Bonchev–Trinajstić information content (AvgIpc) is 3.27. The van der Waals surface area contributed by atoms with E-state index in [4.69, 9.17) is 0 Å². The SMILES string of the molecule is Cc1cccc2c1N(P(c1ccccc1)c1ccccc1)[P+](c1ccccc1)(c1ccccc1)C21C=CC=CC1. The second kappa shape index (κ2) is 10.3. The molecule has 194 valence electrons. The van der Waals surface area contributed by atoms with Crippen molar-refractivity contribution in [1.82, 2.24) is 0 Å². The Morgan fingerprint density at radius 1 is 0.600 bits per heavy atom. The zero-order chi connectivity index (χ0) is 27.0. The normalized spacial score (nSPS) is 18.8. The van der Waals surface area contributed by atoms with Crippen molar-refractivity contribution in [2.45, 2.75) is 18.5 Å². The summed E-state index contributed by atoms with van der Waals surface area (Å²) in [5.41, 5.74) is 4.20. The van der Waals surface area contributed by atoms with Crippen molar-refractivity contribution in [2.75, 3.05) is 4.44 Å². The molecule has 5 aromatic carbocycles. The summed E-state index contributed by atoms with van der Waals surface area (Å²) in [7, 11) is -3.26. The third-order valence-electron chi connectivity index (χ3n) is 8.26. The number of benzene rings is 5. The Bertz CT molecular complexity index is 1600. The number of hydrogen-bond acceptors (Lipinski definition) is 1. The molecule has 0 N–H and O–H groups in total. The lowest BCUT2D eigenvalue weighted by atomic mass is 9.89. The maximum absolute atomic E-state index is 2.95. The molecule has 0 saturated heterocycles. The molecule has 1 heterocycles. The molecule has 0 radical (unpaired) electrons. The highest BCUT2D eigenvalue weighted by molar-refractivity contribution is 8.01. The van der Waals surface area contributed by atoms with Crippen molar-refractivity contribution in [3.05, 3.63) is 175 Å². The van der Waals surface area contributed by atoms with E-state index in [-0.39, 0.29) is 5.16 Å². The number of hydrogen-bond donors (Lipinski definition) is 0. The van der Waals surface area contributed by atoms with Gasteiger partial charge in [0.15, 0.2) is 12.6 Å². The van der Waals surface area contributed by atoms with Gasteiger partial charge in [0.25, 0.3) is 0 Å². The van der Waals surface area contributed by atoms with Gasteiger partial charge in [-0.3, -0.25) is 0 Å². The van der Waals surface area contributed by atoms with E-state index >= 15 is 0 Å². The van der Waals surface area contributed by atoms with Crippen LogP contribution in [0.25, 0.3) is 0 Å². The topological polar surface area (TPSA) is 3.24 Å². The van der Waals surface area contributed by atoms with Crippen molar-refractivity contribution >= 4 is 42.4 Å². The highest BCUT2D eigenvalue weighted by Gasteiger charge is 2.72. The molecule has 2 aliphatic rings. The second-order valence-corrected chi connectivity index (χ2v) is 16.3. The summed E-state index contributed by atoms with van der Waals surface area (Å²) in [6, 6.07) is 52.2. The van der Waals surface area contributed by atoms with Gasteiger partial charge in [-0.1, -0.05) is 133 Å². The molecule has 0 bridgehead atoms. The molecule has 1 nitrogen and oxygen atoms in total. The zero-order valence-corrected chi connectivity index (χ0v) is 24.4. The molecule has 5 aromatic rings. The lowest BCUT2D eigenvalue weighted by Crippen LogP contribution is -2.44. The number of allylic oxidation sites excluding steroid dienone is 4. The maximum Gasteiger partial charge on any atom is 0.189 e. The van der Waals surface area contributed by atoms with E-state index in [1.54, 1.807) is 0 Å². The standard InChI is InChI=1S/C37H32NP2/c1-30-18-17-27-35-36(30)38(39(31-19-7-2-8-20-31)32-21-9-3-10-22-32)40(33-23-11-4-12-24-33,34-25-13-5-14-26-34)37(35)28-15-6-16-29-37/h2-28H,29H2,1H3/q+1. The number of nitrogens with zero attached hydrogens (tertiary/aromatic N) is 1. The van der Waals surface area contributed by atoms with Gasteiger partial charge in [-0.2, -0.15) is 0 Å². The van der Waals surface area contributed by atoms with Gasteiger partial charge < -0.3 is 0 Å². The van der Waals surface area contributed by atoms with Gasteiger partial charge in [-0.15, -0.1) is 0 Å². The van der Waals surface area contributed by atoms with Gasteiger partial charge in [-0.05, 0) is 42.8 Å². The van der Waals surface area contributed by atoms with Crippen LogP contribution >= 0.6 is 15.5 Å². The molecule has 1 atom stereocenters. The Hall–Kier alpha value is -3.76. The first-order valence-electron chi connectivity index (χ1n) is 13.9. The first kappa shape index (κ1) is 25.2. The largest absolute Gasteiger partial charge is 0.210 e. The monoisotopic (exact) mass is 552 g/mol. The highest BCUT2D eigenvalue weighted by atomic mass is 31.2. The van der Waals surface area contributed by atoms with Crippen molar-refractivity contribution in [1.29, 1.82) is 0 Å². The first-order chi connectivity index (χ1) is 19.8.